The highest BCUT2D eigenvalue weighted by Gasteiger charge is 2.17. The van der Waals surface area contributed by atoms with Gasteiger partial charge in [0.15, 0.2) is 3.95 Å². The summed E-state index contributed by atoms with van der Waals surface area (Å²) in [6.45, 7) is 0. The van der Waals surface area contributed by atoms with Crippen LogP contribution in [0.3, 0.4) is 0 Å². The summed E-state index contributed by atoms with van der Waals surface area (Å²) < 4.78 is 0.479. The fourth-order valence-electron chi connectivity index (χ4n) is 2.59. The number of carbonyl (C=O) groups is 2. The number of hydrogen-bond acceptors (Lipinski definition) is 5. The molecule has 9 heteroatoms. The van der Waals surface area contributed by atoms with Crippen molar-refractivity contribution in [1.29, 1.82) is 0 Å². The summed E-state index contributed by atoms with van der Waals surface area (Å²) in [5, 5.41) is 10.5. The number of amides is 3. The molecule has 0 atom stereocenters. The minimum absolute atomic E-state index is 0.0876. The minimum Gasteiger partial charge on any atom is -0.281 e. The van der Waals surface area contributed by atoms with Gasteiger partial charge in [0, 0.05) is 13.5 Å². The van der Waals surface area contributed by atoms with Gasteiger partial charge in [-0.05, 0) is 24.6 Å². The van der Waals surface area contributed by atoms with Crippen molar-refractivity contribution in [2.45, 2.75) is 44.9 Å². The first-order valence-corrected chi connectivity index (χ1v) is 8.67. The van der Waals surface area contributed by atoms with E-state index in [-0.39, 0.29) is 5.91 Å². The first kappa shape index (κ1) is 16.9. The summed E-state index contributed by atoms with van der Waals surface area (Å²) in [5.41, 5.74) is 2.48. The van der Waals surface area contributed by atoms with Gasteiger partial charge in [0.25, 0.3) is 0 Å². The monoisotopic (exact) mass is 343 g/mol. The molecule has 0 aliphatic heterocycles. The highest BCUT2D eigenvalue weighted by molar-refractivity contribution is 7.73. The van der Waals surface area contributed by atoms with E-state index in [1.54, 1.807) is 7.05 Å². The first-order valence-electron chi connectivity index (χ1n) is 7.44. The zero-order chi connectivity index (χ0) is 15.9. The second-order valence-electron chi connectivity index (χ2n) is 5.48. The van der Waals surface area contributed by atoms with E-state index in [1.807, 2.05) is 0 Å². The van der Waals surface area contributed by atoms with Crippen LogP contribution in [0.5, 0.6) is 0 Å². The standard InChI is InChI=1S/C13H21N5O2S2/c1-18(10(19)8-7-9-5-3-2-4-6-9)17-11(20)14-12-15-16-13(21)22-12/h9H,2-8H2,1H3,(H,16,21)(H2,14,15,17,20). The molecule has 3 amide bonds. The van der Waals surface area contributed by atoms with Crippen molar-refractivity contribution in [1.82, 2.24) is 20.6 Å². The smallest absolute Gasteiger partial charge is 0.281 e. The highest BCUT2D eigenvalue weighted by atomic mass is 32.1. The molecule has 1 aromatic rings. The Morgan fingerprint density at radius 1 is 1.41 bits per heavy atom. The van der Waals surface area contributed by atoms with E-state index in [0.717, 1.165) is 17.8 Å². The maximum absolute atomic E-state index is 12.0. The Morgan fingerprint density at radius 2 is 2.14 bits per heavy atom. The summed E-state index contributed by atoms with van der Waals surface area (Å²) in [5.74, 6) is 0.562. The number of nitrogens with one attached hydrogen (secondary N) is 3. The van der Waals surface area contributed by atoms with Crippen LogP contribution in [0.2, 0.25) is 0 Å². The fourth-order valence-corrected chi connectivity index (χ4v) is 3.38. The average Bonchev–Trinajstić information content (AvgIpc) is 2.90. The van der Waals surface area contributed by atoms with Crippen LogP contribution in [0.25, 0.3) is 0 Å². The van der Waals surface area contributed by atoms with Crippen LogP contribution in [0.4, 0.5) is 9.93 Å². The third-order valence-electron chi connectivity index (χ3n) is 3.79. The van der Waals surface area contributed by atoms with Crippen molar-refractivity contribution in [2.24, 2.45) is 5.92 Å². The van der Waals surface area contributed by atoms with Gasteiger partial charge in [0.05, 0.1) is 0 Å². The number of hydrogen-bond donors (Lipinski definition) is 3. The average molecular weight is 343 g/mol. The molecular weight excluding hydrogens is 322 g/mol. The van der Waals surface area contributed by atoms with E-state index in [1.165, 1.54) is 37.1 Å². The Morgan fingerprint density at radius 3 is 2.77 bits per heavy atom. The maximum atomic E-state index is 12.0. The number of H-pyrrole nitrogens is 1. The number of aromatic nitrogens is 2. The normalized spacial score (nSPS) is 15.3. The molecule has 22 heavy (non-hydrogen) atoms. The van der Waals surface area contributed by atoms with Gasteiger partial charge >= 0.3 is 6.03 Å². The molecular formula is C13H21N5O2S2. The Bertz CT molecular complexity index is 565. The molecule has 7 nitrogen and oxygen atoms in total. The van der Waals surface area contributed by atoms with Crippen LogP contribution >= 0.6 is 23.6 Å². The molecule has 0 spiro atoms. The predicted molar refractivity (Wildman–Crippen MR) is 88.0 cm³/mol. The molecule has 1 aromatic heterocycles. The van der Waals surface area contributed by atoms with Crippen LogP contribution in [0.15, 0.2) is 0 Å². The van der Waals surface area contributed by atoms with Gasteiger partial charge in [0.2, 0.25) is 11.0 Å². The second-order valence-corrected chi connectivity index (χ2v) is 7.15. The Labute approximate surface area is 138 Å². The van der Waals surface area contributed by atoms with E-state index in [4.69, 9.17) is 12.2 Å². The van der Waals surface area contributed by atoms with E-state index >= 15 is 0 Å². The number of anilines is 1. The van der Waals surface area contributed by atoms with Gasteiger partial charge in [-0.2, -0.15) is 0 Å². The molecule has 0 radical (unpaired) electrons. The number of rotatable bonds is 4. The van der Waals surface area contributed by atoms with Crippen LogP contribution in [-0.4, -0.2) is 34.2 Å². The van der Waals surface area contributed by atoms with E-state index in [0.29, 0.717) is 21.4 Å². The summed E-state index contributed by atoms with van der Waals surface area (Å²) in [7, 11) is 1.55. The van der Waals surface area contributed by atoms with E-state index in [9.17, 15) is 9.59 Å². The van der Waals surface area contributed by atoms with Crippen molar-refractivity contribution in [3.63, 3.8) is 0 Å². The predicted octanol–water partition coefficient (Wildman–Crippen LogP) is 3.06. The number of carbonyl (C=O) groups excluding carboxylic acids is 2. The van der Waals surface area contributed by atoms with E-state index in [2.05, 4.69) is 20.9 Å². The molecule has 1 heterocycles. The number of aromatic amines is 1. The number of hydrazine groups is 1. The Hall–Kier alpha value is -1.48. The molecule has 1 aliphatic rings. The first-order chi connectivity index (χ1) is 10.5. The lowest BCUT2D eigenvalue weighted by molar-refractivity contribution is -0.132. The van der Waals surface area contributed by atoms with Crippen LogP contribution in [-0.2, 0) is 4.79 Å². The van der Waals surface area contributed by atoms with Gasteiger partial charge in [-0.1, -0.05) is 43.4 Å². The lowest BCUT2D eigenvalue weighted by atomic mass is 9.86. The molecule has 1 aliphatic carbocycles. The summed E-state index contributed by atoms with van der Waals surface area (Å²) in [6.07, 6.45) is 7.64. The van der Waals surface area contributed by atoms with Crippen molar-refractivity contribution >= 4 is 40.6 Å². The number of nitrogens with zero attached hydrogens (tertiary/aromatic N) is 2. The van der Waals surface area contributed by atoms with Gasteiger partial charge in [-0.15, -0.1) is 5.10 Å². The van der Waals surface area contributed by atoms with Gasteiger partial charge < -0.3 is 0 Å². The molecule has 1 fully saturated rings. The zero-order valence-electron chi connectivity index (χ0n) is 12.6. The van der Waals surface area contributed by atoms with Crippen molar-refractivity contribution < 1.29 is 9.59 Å². The Kier molecular flexibility index (Phi) is 6.32. The molecule has 0 saturated heterocycles. The van der Waals surface area contributed by atoms with Crippen molar-refractivity contribution in [3.8, 4) is 0 Å². The number of urea groups is 1. The Balaban J connectivity index is 1.70. The fraction of sp³-hybridized carbons (Fsp3) is 0.692. The molecule has 3 N–H and O–H groups in total. The topological polar surface area (TPSA) is 90.1 Å². The molecule has 0 unspecified atom stereocenters. The third-order valence-corrected chi connectivity index (χ3v) is 4.80. The summed E-state index contributed by atoms with van der Waals surface area (Å²) in [6, 6.07) is -0.508. The SMILES string of the molecule is CN(NC(=O)Nc1n[nH]c(=S)s1)C(=O)CCC1CCCCC1. The van der Waals surface area contributed by atoms with Gasteiger partial charge in [-0.3, -0.25) is 20.2 Å². The second kappa shape index (κ2) is 8.23. The quantitative estimate of drug-likeness (QED) is 0.579. The third kappa shape index (κ3) is 5.38. The minimum atomic E-state index is -0.508. The van der Waals surface area contributed by atoms with Crippen LogP contribution in [0.1, 0.15) is 44.9 Å². The largest absolute Gasteiger partial charge is 0.339 e. The van der Waals surface area contributed by atoms with Crippen molar-refractivity contribution in [3.05, 3.63) is 3.95 Å². The summed E-state index contributed by atoms with van der Waals surface area (Å²) >= 11 is 6.03. The molecule has 1 saturated carbocycles. The maximum Gasteiger partial charge on any atom is 0.339 e. The lowest BCUT2D eigenvalue weighted by Crippen LogP contribution is -2.45. The molecule has 122 valence electrons. The van der Waals surface area contributed by atoms with Gasteiger partial charge in [-0.25, -0.2) is 10.2 Å². The van der Waals surface area contributed by atoms with Crippen LogP contribution in [0, 0.1) is 9.87 Å². The zero-order valence-corrected chi connectivity index (χ0v) is 14.2. The van der Waals surface area contributed by atoms with E-state index < -0.39 is 6.03 Å². The molecule has 2 rings (SSSR count). The summed E-state index contributed by atoms with van der Waals surface area (Å²) in [4.78, 5) is 23.8. The lowest BCUT2D eigenvalue weighted by Gasteiger charge is -2.23. The van der Waals surface area contributed by atoms with Gasteiger partial charge in [0.1, 0.15) is 0 Å². The molecule has 0 bridgehead atoms. The van der Waals surface area contributed by atoms with Crippen LogP contribution < -0.4 is 10.7 Å². The molecule has 0 aromatic carbocycles. The highest BCUT2D eigenvalue weighted by Crippen LogP contribution is 2.27. The van der Waals surface area contributed by atoms with Crippen molar-refractivity contribution in [2.75, 3.05) is 12.4 Å².